The summed E-state index contributed by atoms with van der Waals surface area (Å²) < 4.78 is 0. The molecule has 0 radical (unpaired) electrons. The third-order valence-corrected chi connectivity index (χ3v) is 3.69. The van der Waals surface area contributed by atoms with Crippen molar-refractivity contribution in [1.82, 2.24) is 30.3 Å². The Balaban J connectivity index is 1.72. The SMILES string of the molecule is Cc1nc(CC(=O)N2CCc3nnc(N(C)C)cc3C2)n[nH]1. The maximum Gasteiger partial charge on any atom is 0.230 e. The van der Waals surface area contributed by atoms with Gasteiger partial charge in [-0.1, -0.05) is 0 Å². The van der Waals surface area contributed by atoms with E-state index < -0.39 is 0 Å². The van der Waals surface area contributed by atoms with Gasteiger partial charge in [-0.25, -0.2) is 4.98 Å². The van der Waals surface area contributed by atoms with Crippen LogP contribution in [0.15, 0.2) is 6.07 Å². The number of amides is 1. The second-order valence-electron chi connectivity index (χ2n) is 5.65. The van der Waals surface area contributed by atoms with Crippen molar-refractivity contribution < 1.29 is 4.79 Å². The first-order chi connectivity index (χ1) is 10.5. The number of nitrogens with one attached hydrogen (secondary N) is 1. The average Bonchev–Trinajstić information content (AvgIpc) is 2.91. The molecule has 22 heavy (non-hydrogen) atoms. The Morgan fingerprint density at radius 3 is 2.91 bits per heavy atom. The molecule has 2 aromatic rings. The molecule has 8 nitrogen and oxygen atoms in total. The van der Waals surface area contributed by atoms with Crippen molar-refractivity contribution in [2.24, 2.45) is 0 Å². The van der Waals surface area contributed by atoms with E-state index in [2.05, 4.69) is 25.4 Å². The first-order valence-corrected chi connectivity index (χ1v) is 7.21. The van der Waals surface area contributed by atoms with E-state index in [1.807, 2.05) is 36.9 Å². The molecule has 3 heterocycles. The van der Waals surface area contributed by atoms with Crippen LogP contribution in [0.3, 0.4) is 0 Å². The van der Waals surface area contributed by atoms with E-state index in [0.717, 1.165) is 29.3 Å². The lowest BCUT2D eigenvalue weighted by molar-refractivity contribution is -0.131. The monoisotopic (exact) mass is 301 g/mol. The number of aromatic nitrogens is 5. The number of anilines is 1. The van der Waals surface area contributed by atoms with E-state index in [1.165, 1.54) is 0 Å². The fraction of sp³-hybridized carbons (Fsp3) is 0.500. The Morgan fingerprint density at radius 1 is 1.41 bits per heavy atom. The molecule has 0 aromatic carbocycles. The minimum atomic E-state index is 0.0351. The number of fused-ring (bicyclic) bond motifs is 1. The highest BCUT2D eigenvalue weighted by Gasteiger charge is 2.23. The van der Waals surface area contributed by atoms with Crippen LogP contribution in [0.5, 0.6) is 0 Å². The molecule has 0 bridgehead atoms. The van der Waals surface area contributed by atoms with Crippen molar-refractivity contribution in [3.8, 4) is 0 Å². The second kappa shape index (κ2) is 5.70. The summed E-state index contributed by atoms with van der Waals surface area (Å²) in [5, 5.41) is 15.2. The summed E-state index contributed by atoms with van der Waals surface area (Å²) in [5.74, 6) is 2.10. The fourth-order valence-electron chi connectivity index (χ4n) is 2.46. The van der Waals surface area contributed by atoms with Gasteiger partial charge in [0.1, 0.15) is 5.82 Å². The van der Waals surface area contributed by atoms with Crippen LogP contribution in [0, 0.1) is 6.92 Å². The van der Waals surface area contributed by atoms with Crippen LogP contribution in [-0.4, -0.2) is 56.8 Å². The molecule has 1 amide bonds. The standard InChI is InChI=1S/C14H19N7O/c1-9-15-12(18-16-9)7-14(22)21-5-4-11-10(8-21)6-13(19-17-11)20(2)3/h6H,4-5,7-8H2,1-3H3,(H,15,16,18). The summed E-state index contributed by atoms with van der Waals surface area (Å²) in [5.41, 5.74) is 2.04. The Kier molecular flexibility index (Phi) is 3.74. The van der Waals surface area contributed by atoms with Gasteiger partial charge in [-0.3, -0.25) is 9.89 Å². The van der Waals surface area contributed by atoms with E-state index >= 15 is 0 Å². The number of hydrogen-bond acceptors (Lipinski definition) is 6. The molecule has 0 fully saturated rings. The number of aryl methyl sites for hydroxylation is 1. The second-order valence-corrected chi connectivity index (χ2v) is 5.65. The molecule has 0 spiro atoms. The van der Waals surface area contributed by atoms with Gasteiger partial charge in [-0.05, 0) is 18.6 Å². The van der Waals surface area contributed by atoms with Gasteiger partial charge in [0.25, 0.3) is 0 Å². The predicted molar refractivity (Wildman–Crippen MR) is 80.3 cm³/mol. The van der Waals surface area contributed by atoms with Crippen LogP contribution in [0.4, 0.5) is 5.82 Å². The smallest absolute Gasteiger partial charge is 0.230 e. The van der Waals surface area contributed by atoms with E-state index in [1.54, 1.807) is 0 Å². The number of nitrogens with zero attached hydrogens (tertiary/aromatic N) is 6. The predicted octanol–water partition coefficient (Wildman–Crippen LogP) is 0.0965. The van der Waals surface area contributed by atoms with Crippen LogP contribution in [-0.2, 0) is 24.2 Å². The third-order valence-electron chi connectivity index (χ3n) is 3.69. The maximum atomic E-state index is 12.4. The zero-order valence-electron chi connectivity index (χ0n) is 13.0. The van der Waals surface area contributed by atoms with Crippen LogP contribution >= 0.6 is 0 Å². The third kappa shape index (κ3) is 2.90. The molecule has 116 valence electrons. The molecule has 0 atom stereocenters. The summed E-state index contributed by atoms with van der Waals surface area (Å²) in [7, 11) is 3.85. The molecule has 0 saturated heterocycles. The highest BCUT2D eigenvalue weighted by molar-refractivity contribution is 5.78. The van der Waals surface area contributed by atoms with E-state index in [4.69, 9.17) is 0 Å². The summed E-state index contributed by atoms with van der Waals surface area (Å²) in [6.07, 6.45) is 0.952. The first kappa shape index (κ1) is 14.4. The lowest BCUT2D eigenvalue weighted by Gasteiger charge is -2.28. The van der Waals surface area contributed by atoms with Crippen molar-refractivity contribution in [2.45, 2.75) is 26.3 Å². The summed E-state index contributed by atoms with van der Waals surface area (Å²) >= 11 is 0. The Labute approximate surface area is 128 Å². The Morgan fingerprint density at radius 2 is 2.23 bits per heavy atom. The van der Waals surface area contributed by atoms with Gasteiger partial charge in [0.15, 0.2) is 11.6 Å². The Bertz CT molecular complexity index is 694. The first-order valence-electron chi connectivity index (χ1n) is 7.21. The number of aromatic amines is 1. The van der Waals surface area contributed by atoms with E-state index in [-0.39, 0.29) is 12.3 Å². The summed E-state index contributed by atoms with van der Waals surface area (Å²) in [6, 6.07) is 2.00. The number of H-pyrrole nitrogens is 1. The lowest BCUT2D eigenvalue weighted by Crippen LogP contribution is -2.37. The van der Waals surface area contributed by atoms with Crippen molar-refractivity contribution >= 4 is 11.7 Å². The molecule has 2 aromatic heterocycles. The maximum absolute atomic E-state index is 12.4. The molecule has 0 aliphatic carbocycles. The van der Waals surface area contributed by atoms with Gasteiger partial charge >= 0.3 is 0 Å². The van der Waals surface area contributed by atoms with Crippen LogP contribution in [0.2, 0.25) is 0 Å². The van der Waals surface area contributed by atoms with Gasteiger partial charge in [0.05, 0.1) is 12.1 Å². The molecule has 1 aliphatic rings. The molecule has 1 aliphatic heterocycles. The fourth-order valence-corrected chi connectivity index (χ4v) is 2.46. The summed E-state index contributed by atoms with van der Waals surface area (Å²) in [6.45, 7) is 3.04. The van der Waals surface area contributed by atoms with Gasteiger partial charge in [-0.15, -0.1) is 5.10 Å². The molecule has 0 unspecified atom stereocenters. The minimum absolute atomic E-state index is 0.0351. The van der Waals surface area contributed by atoms with Crippen LogP contribution < -0.4 is 4.90 Å². The lowest BCUT2D eigenvalue weighted by atomic mass is 10.1. The minimum Gasteiger partial charge on any atom is -0.361 e. The van der Waals surface area contributed by atoms with E-state index in [9.17, 15) is 4.79 Å². The largest absolute Gasteiger partial charge is 0.361 e. The average molecular weight is 301 g/mol. The van der Waals surface area contributed by atoms with Crippen molar-refractivity contribution in [1.29, 1.82) is 0 Å². The van der Waals surface area contributed by atoms with Gasteiger partial charge in [0.2, 0.25) is 5.91 Å². The molecule has 0 saturated carbocycles. The van der Waals surface area contributed by atoms with E-state index in [0.29, 0.717) is 18.9 Å². The van der Waals surface area contributed by atoms with Gasteiger partial charge in [-0.2, -0.15) is 10.2 Å². The van der Waals surface area contributed by atoms with Gasteiger partial charge in [0, 0.05) is 33.6 Å². The molecule has 3 rings (SSSR count). The number of carbonyl (C=O) groups is 1. The number of rotatable bonds is 3. The topological polar surface area (TPSA) is 90.9 Å². The summed E-state index contributed by atoms with van der Waals surface area (Å²) in [4.78, 5) is 20.3. The Hall–Kier alpha value is -2.51. The quantitative estimate of drug-likeness (QED) is 0.864. The van der Waals surface area contributed by atoms with Crippen LogP contribution in [0.25, 0.3) is 0 Å². The normalized spacial score (nSPS) is 13.9. The molecule has 1 N–H and O–H groups in total. The van der Waals surface area contributed by atoms with Crippen LogP contribution in [0.1, 0.15) is 22.9 Å². The van der Waals surface area contributed by atoms with Crippen molar-refractivity contribution in [3.05, 3.63) is 29.0 Å². The van der Waals surface area contributed by atoms with Crippen molar-refractivity contribution in [3.63, 3.8) is 0 Å². The molecular formula is C14H19N7O. The molecule has 8 heteroatoms. The number of carbonyl (C=O) groups excluding carboxylic acids is 1. The molecular weight excluding hydrogens is 282 g/mol. The zero-order valence-corrected chi connectivity index (χ0v) is 13.0. The highest BCUT2D eigenvalue weighted by atomic mass is 16.2. The number of hydrogen-bond donors (Lipinski definition) is 1. The highest BCUT2D eigenvalue weighted by Crippen LogP contribution is 2.20. The zero-order chi connectivity index (χ0) is 15.7. The van der Waals surface area contributed by atoms with Crippen molar-refractivity contribution in [2.75, 3.05) is 25.5 Å². The van der Waals surface area contributed by atoms with Gasteiger partial charge < -0.3 is 9.80 Å².